The van der Waals surface area contributed by atoms with E-state index in [2.05, 4.69) is 4.98 Å². The highest BCUT2D eigenvalue weighted by molar-refractivity contribution is 7.93. The fourth-order valence-corrected chi connectivity index (χ4v) is 6.06. The Morgan fingerprint density at radius 1 is 0.976 bits per heavy atom. The van der Waals surface area contributed by atoms with E-state index >= 15 is 0 Å². The molecule has 1 aliphatic heterocycles. The maximum absolute atomic E-state index is 14.1. The Balaban J connectivity index is 1.33. The van der Waals surface area contributed by atoms with E-state index in [-0.39, 0.29) is 34.1 Å². The Hall–Kier alpha value is -3.74. The SMILES string of the molecule is O=C(c1ccc(NS(=O)(=O)c2cccc3cccnc23)c(C(F)(F)F)c1)N1CCN(Cc2ccc(Cl)c(F)c2)CC1. The van der Waals surface area contributed by atoms with Crippen LogP contribution in [0.25, 0.3) is 10.9 Å². The molecule has 0 atom stereocenters. The number of nitrogens with one attached hydrogen (secondary N) is 1. The Labute approximate surface area is 238 Å². The van der Waals surface area contributed by atoms with E-state index in [9.17, 15) is 30.8 Å². The number of sulfonamides is 1. The molecular weight excluding hydrogens is 584 g/mol. The van der Waals surface area contributed by atoms with E-state index < -0.39 is 39.2 Å². The standard InChI is InChI=1S/C28H23ClF4N4O3S/c29-22-8-6-18(15-23(22)30)17-36-11-13-37(14-12-36)27(38)20-7-9-24(21(16-20)28(31,32)33)35-41(39,40)25-5-1-3-19-4-2-10-34-26(19)25/h1-10,15-16,35H,11-14,17H2. The van der Waals surface area contributed by atoms with E-state index in [1.807, 2.05) is 9.62 Å². The fraction of sp³-hybridized carbons (Fsp3) is 0.214. The molecule has 4 aromatic rings. The van der Waals surface area contributed by atoms with Crippen LogP contribution < -0.4 is 4.72 Å². The van der Waals surface area contributed by atoms with Crippen molar-refractivity contribution in [3.8, 4) is 0 Å². The zero-order chi connectivity index (χ0) is 29.4. The molecule has 1 saturated heterocycles. The van der Waals surface area contributed by atoms with Gasteiger partial charge >= 0.3 is 6.18 Å². The number of halogens is 5. The second-order valence-electron chi connectivity index (χ2n) is 9.51. The van der Waals surface area contributed by atoms with Gasteiger partial charge in [0, 0.05) is 49.9 Å². The molecule has 1 aliphatic rings. The molecule has 1 amide bonds. The van der Waals surface area contributed by atoms with Crippen molar-refractivity contribution in [3.05, 3.63) is 100 Å². The lowest BCUT2D eigenvalue weighted by Gasteiger charge is -2.35. The molecule has 0 bridgehead atoms. The van der Waals surface area contributed by atoms with Crippen molar-refractivity contribution < 1.29 is 30.8 Å². The molecule has 41 heavy (non-hydrogen) atoms. The molecule has 1 fully saturated rings. The molecule has 0 spiro atoms. The summed E-state index contributed by atoms with van der Waals surface area (Å²) < 4.78 is 84.2. The third-order valence-corrected chi connectivity index (χ3v) is 8.45. The summed E-state index contributed by atoms with van der Waals surface area (Å²) in [5.41, 5.74) is -1.40. The minimum Gasteiger partial charge on any atom is -0.336 e. The highest BCUT2D eigenvalue weighted by atomic mass is 35.5. The number of aromatic nitrogens is 1. The van der Waals surface area contributed by atoms with Crippen LogP contribution in [0, 0.1) is 5.82 Å². The van der Waals surface area contributed by atoms with Crippen LogP contribution >= 0.6 is 11.6 Å². The summed E-state index contributed by atoms with van der Waals surface area (Å²) in [5.74, 6) is -1.14. The molecule has 0 radical (unpaired) electrons. The molecule has 3 aromatic carbocycles. The van der Waals surface area contributed by atoms with Gasteiger partial charge in [0.25, 0.3) is 15.9 Å². The average Bonchev–Trinajstić information content (AvgIpc) is 2.94. The van der Waals surface area contributed by atoms with Crippen LogP contribution in [0.1, 0.15) is 21.5 Å². The molecule has 2 heterocycles. The monoisotopic (exact) mass is 606 g/mol. The largest absolute Gasteiger partial charge is 0.418 e. The lowest BCUT2D eigenvalue weighted by atomic mass is 10.1. The second-order valence-corrected chi connectivity index (χ2v) is 11.6. The Kier molecular flexibility index (Phi) is 7.91. The highest BCUT2D eigenvalue weighted by Crippen LogP contribution is 2.37. The summed E-state index contributed by atoms with van der Waals surface area (Å²) in [5, 5.41) is 0.527. The number of carbonyl (C=O) groups excluding carboxylic acids is 1. The van der Waals surface area contributed by atoms with Crippen molar-refractivity contribution >= 4 is 44.1 Å². The van der Waals surface area contributed by atoms with Crippen molar-refractivity contribution in [2.75, 3.05) is 30.9 Å². The summed E-state index contributed by atoms with van der Waals surface area (Å²) >= 11 is 5.73. The van der Waals surface area contributed by atoms with Crippen LogP contribution in [0.3, 0.4) is 0 Å². The number of alkyl halides is 3. The Bertz CT molecular complexity index is 1720. The number of fused-ring (bicyclic) bond motifs is 1. The van der Waals surface area contributed by atoms with E-state index in [0.29, 0.717) is 36.7 Å². The molecule has 7 nitrogen and oxygen atoms in total. The zero-order valence-electron chi connectivity index (χ0n) is 21.3. The second kappa shape index (κ2) is 11.3. The molecule has 0 saturated carbocycles. The quantitative estimate of drug-likeness (QED) is 0.280. The van der Waals surface area contributed by atoms with Gasteiger partial charge in [-0.25, -0.2) is 12.8 Å². The van der Waals surface area contributed by atoms with Gasteiger partial charge in [0.2, 0.25) is 0 Å². The van der Waals surface area contributed by atoms with Crippen molar-refractivity contribution in [2.24, 2.45) is 0 Å². The first kappa shape index (κ1) is 28.8. The van der Waals surface area contributed by atoms with Crippen LogP contribution in [-0.4, -0.2) is 55.3 Å². The van der Waals surface area contributed by atoms with Crippen molar-refractivity contribution in [2.45, 2.75) is 17.6 Å². The Morgan fingerprint density at radius 3 is 2.41 bits per heavy atom. The van der Waals surface area contributed by atoms with Crippen LogP contribution in [0.15, 0.2) is 77.8 Å². The van der Waals surface area contributed by atoms with E-state index in [4.69, 9.17) is 11.6 Å². The summed E-state index contributed by atoms with van der Waals surface area (Å²) in [7, 11) is -4.46. The summed E-state index contributed by atoms with van der Waals surface area (Å²) in [6.07, 6.45) is -3.56. The predicted molar refractivity (Wildman–Crippen MR) is 147 cm³/mol. The van der Waals surface area contributed by atoms with Gasteiger partial charge in [-0.3, -0.25) is 19.4 Å². The number of carbonyl (C=O) groups is 1. The van der Waals surface area contributed by atoms with E-state index in [0.717, 1.165) is 6.07 Å². The van der Waals surface area contributed by atoms with Gasteiger partial charge < -0.3 is 4.90 Å². The summed E-state index contributed by atoms with van der Waals surface area (Å²) in [6, 6.07) is 14.9. The third-order valence-electron chi connectivity index (χ3n) is 6.75. The number of nitrogens with zero attached hydrogens (tertiary/aromatic N) is 3. The average molecular weight is 607 g/mol. The van der Waals surface area contributed by atoms with Crippen LogP contribution in [0.2, 0.25) is 5.02 Å². The highest BCUT2D eigenvalue weighted by Gasteiger charge is 2.36. The number of benzene rings is 3. The van der Waals surface area contributed by atoms with Gasteiger partial charge in [0.1, 0.15) is 10.7 Å². The summed E-state index contributed by atoms with van der Waals surface area (Å²) in [4.78, 5) is 20.3. The first-order valence-corrected chi connectivity index (χ1v) is 14.3. The minimum atomic E-state index is -4.95. The molecule has 1 aromatic heterocycles. The number of para-hydroxylation sites is 1. The third kappa shape index (κ3) is 6.29. The Morgan fingerprint density at radius 2 is 1.71 bits per heavy atom. The number of amides is 1. The molecular formula is C28H23ClF4N4O3S. The number of piperazine rings is 1. The van der Waals surface area contributed by atoms with Gasteiger partial charge in [0.05, 0.1) is 21.8 Å². The lowest BCUT2D eigenvalue weighted by Crippen LogP contribution is -2.48. The molecule has 214 valence electrons. The minimum absolute atomic E-state index is 0.0202. The number of rotatable bonds is 6. The van der Waals surface area contributed by atoms with E-state index in [1.54, 1.807) is 24.3 Å². The van der Waals surface area contributed by atoms with Gasteiger partial charge in [-0.1, -0.05) is 35.9 Å². The normalized spacial score (nSPS) is 14.8. The fourth-order valence-electron chi connectivity index (χ4n) is 4.68. The van der Waals surface area contributed by atoms with Gasteiger partial charge in [-0.15, -0.1) is 0 Å². The zero-order valence-corrected chi connectivity index (χ0v) is 22.9. The number of hydrogen-bond acceptors (Lipinski definition) is 5. The first-order valence-electron chi connectivity index (χ1n) is 12.5. The molecule has 0 aliphatic carbocycles. The maximum atomic E-state index is 14.1. The molecule has 13 heteroatoms. The van der Waals surface area contributed by atoms with Crippen molar-refractivity contribution in [1.82, 2.24) is 14.8 Å². The topological polar surface area (TPSA) is 82.6 Å². The van der Waals surface area contributed by atoms with E-state index in [1.165, 1.54) is 41.4 Å². The first-order chi connectivity index (χ1) is 19.4. The van der Waals surface area contributed by atoms with Crippen molar-refractivity contribution in [1.29, 1.82) is 0 Å². The smallest absolute Gasteiger partial charge is 0.336 e. The molecule has 1 N–H and O–H groups in total. The summed E-state index contributed by atoms with van der Waals surface area (Å²) in [6.45, 7) is 1.78. The van der Waals surface area contributed by atoms with Crippen LogP contribution in [0.4, 0.5) is 23.2 Å². The number of pyridine rings is 1. The molecule has 0 unspecified atom stereocenters. The molecule has 5 rings (SSSR count). The van der Waals surface area contributed by atoms with Gasteiger partial charge in [0.15, 0.2) is 0 Å². The lowest BCUT2D eigenvalue weighted by molar-refractivity contribution is -0.136. The maximum Gasteiger partial charge on any atom is 0.418 e. The predicted octanol–water partition coefficient (Wildman–Crippen LogP) is 5.80. The van der Waals surface area contributed by atoms with Crippen LogP contribution in [0.5, 0.6) is 0 Å². The van der Waals surface area contributed by atoms with Crippen molar-refractivity contribution in [3.63, 3.8) is 0 Å². The van der Waals surface area contributed by atoms with Gasteiger partial charge in [-0.05, 0) is 48.0 Å². The van der Waals surface area contributed by atoms with Gasteiger partial charge in [-0.2, -0.15) is 13.2 Å². The number of hydrogen-bond donors (Lipinski definition) is 1. The number of anilines is 1. The van der Waals surface area contributed by atoms with Crippen LogP contribution in [-0.2, 0) is 22.7 Å².